The Morgan fingerprint density at radius 3 is 2.32 bits per heavy atom. The number of carbonyl (C=O) groups is 3. The molecule has 0 atom stereocenters. The van der Waals surface area contributed by atoms with Gasteiger partial charge >= 0.3 is 5.97 Å². The van der Waals surface area contributed by atoms with Gasteiger partial charge in [-0.1, -0.05) is 32.9 Å². The number of benzene rings is 1. The summed E-state index contributed by atoms with van der Waals surface area (Å²) in [6.07, 6.45) is 1.43. The predicted molar refractivity (Wildman–Crippen MR) is 94.6 cm³/mol. The third kappa shape index (κ3) is 8.33. The van der Waals surface area contributed by atoms with Crippen molar-refractivity contribution in [2.75, 3.05) is 13.2 Å². The van der Waals surface area contributed by atoms with Crippen molar-refractivity contribution in [2.24, 2.45) is 5.41 Å². The fourth-order valence-electron chi connectivity index (χ4n) is 2.82. The summed E-state index contributed by atoms with van der Waals surface area (Å²) in [6.45, 7) is 9.39. The van der Waals surface area contributed by atoms with Crippen molar-refractivity contribution in [1.82, 2.24) is 5.32 Å². The van der Waals surface area contributed by atoms with Gasteiger partial charge in [0.25, 0.3) is 5.91 Å². The van der Waals surface area contributed by atoms with Crippen molar-refractivity contribution in [3.8, 4) is 5.75 Å². The molecule has 1 N–H and O–H groups in total. The number of amides is 1. The van der Waals surface area contributed by atoms with Gasteiger partial charge in [0.2, 0.25) is 0 Å². The number of aldehydes is 1. The van der Waals surface area contributed by atoms with Crippen LogP contribution in [0.15, 0.2) is 24.3 Å². The molecule has 1 amide bonds. The monoisotopic (exact) mass is 349 g/mol. The van der Waals surface area contributed by atoms with E-state index in [9.17, 15) is 14.4 Å². The summed E-state index contributed by atoms with van der Waals surface area (Å²) >= 11 is 0. The first kappa shape index (κ1) is 20.7. The number of rotatable bonds is 8. The minimum Gasteiger partial charge on any atom is -0.481 e. The van der Waals surface area contributed by atoms with Gasteiger partial charge in [-0.25, -0.2) is 4.79 Å². The highest BCUT2D eigenvalue weighted by Crippen LogP contribution is 2.26. The lowest BCUT2D eigenvalue weighted by atomic mass is 9.82. The van der Waals surface area contributed by atoms with Crippen LogP contribution in [-0.4, -0.2) is 36.9 Å². The Bertz CT molecular complexity index is 616. The molecule has 138 valence electrons. The van der Waals surface area contributed by atoms with E-state index in [2.05, 4.69) is 26.1 Å². The van der Waals surface area contributed by atoms with Crippen molar-refractivity contribution in [2.45, 2.75) is 46.6 Å². The topological polar surface area (TPSA) is 81.7 Å². The first-order valence-corrected chi connectivity index (χ1v) is 8.16. The number of para-hydroxylation sites is 1. The van der Waals surface area contributed by atoms with E-state index in [1.54, 1.807) is 24.3 Å². The molecule has 0 spiro atoms. The second-order valence-electron chi connectivity index (χ2n) is 7.77. The molecule has 0 fully saturated rings. The fraction of sp³-hybridized carbons (Fsp3) is 0.526. The SMILES string of the molecule is CC(C)(C)CC(C)(C)NC(=O)COC(=O)COc1ccccc1C=O. The summed E-state index contributed by atoms with van der Waals surface area (Å²) in [6, 6.07) is 6.55. The van der Waals surface area contributed by atoms with Gasteiger partial charge in [-0.05, 0) is 37.8 Å². The number of esters is 1. The van der Waals surface area contributed by atoms with E-state index in [-0.39, 0.29) is 24.5 Å². The summed E-state index contributed by atoms with van der Waals surface area (Å²) < 4.78 is 10.2. The number of ether oxygens (including phenoxy) is 2. The van der Waals surface area contributed by atoms with Crippen LogP contribution >= 0.6 is 0 Å². The Morgan fingerprint density at radius 2 is 1.72 bits per heavy atom. The first-order valence-electron chi connectivity index (χ1n) is 8.16. The zero-order chi connectivity index (χ0) is 19.1. The average Bonchev–Trinajstić information content (AvgIpc) is 2.48. The van der Waals surface area contributed by atoms with E-state index in [0.717, 1.165) is 6.42 Å². The third-order valence-corrected chi connectivity index (χ3v) is 3.21. The van der Waals surface area contributed by atoms with E-state index in [1.165, 1.54) is 0 Å². The highest BCUT2D eigenvalue weighted by Gasteiger charge is 2.27. The highest BCUT2D eigenvalue weighted by atomic mass is 16.6. The third-order valence-electron chi connectivity index (χ3n) is 3.21. The van der Waals surface area contributed by atoms with Crippen LogP contribution in [0.3, 0.4) is 0 Å². The van der Waals surface area contributed by atoms with E-state index in [0.29, 0.717) is 17.6 Å². The van der Waals surface area contributed by atoms with E-state index < -0.39 is 11.5 Å². The van der Waals surface area contributed by atoms with E-state index in [4.69, 9.17) is 9.47 Å². The summed E-state index contributed by atoms with van der Waals surface area (Å²) in [4.78, 5) is 34.5. The minimum atomic E-state index is -0.676. The van der Waals surface area contributed by atoms with Gasteiger partial charge in [-0.2, -0.15) is 0 Å². The van der Waals surface area contributed by atoms with E-state index >= 15 is 0 Å². The maximum atomic E-state index is 11.9. The molecule has 25 heavy (non-hydrogen) atoms. The lowest BCUT2D eigenvalue weighted by Crippen LogP contribution is -2.47. The molecule has 0 heterocycles. The van der Waals surface area contributed by atoms with E-state index in [1.807, 2.05) is 13.8 Å². The Morgan fingerprint density at radius 1 is 1.08 bits per heavy atom. The van der Waals surface area contributed by atoms with Crippen LogP contribution in [0.4, 0.5) is 0 Å². The number of nitrogens with one attached hydrogen (secondary N) is 1. The minimum absolute atomic E-state index is 0.0628. The van der Waals surface area contributed by atoms with Crippen molar-refractivity contribution in [1.29, 1.82) is 0 Å². The molecular weight excluding hydrogens is 322 g/mol. The van der Waals surface area contributed by atoms with Crippen LogP contribution < -0.4 is 10.1 Å². The molecule has 0 bridgehead atoms. The van der Waals surface area contributed by atoms with Crippen LogP contribution in [0.25, 0.3) is 0 Å². The summed E-state index contributed by atoms with van der Waals surface area (Å²) in [5.74, 6) is -0.745. The summed E-state index contributed by atoms with van der Waals surface area (Å²) in [5.41, 5.74) is 0.00554. The standard InChI is InChI=1S/C19H27NO5/c1-18(2,3)13-19(4,5)20-16(22)11-25-17(23)12-24-15-9-7-6-8-14(15)10-21/h6-10H,11-13H2,1-5H3,(H,20,22). The lowest BCUT2D eigenvalue weighted by molar-refractivity contribution is -0.151. The van der Waals surface area contributed by atoms with Crippen LogP contribution in [0.5, 0.6) is 5.75 Å². The molecule has 0 aliphatic heterocycles. The van der Waals surface area contributed by atoms with Gasteiger partial charge < -0.3 is 14.8 Å². The summed E-state index contributed by atoms with van der Waals surface area (Å²) in [5, 5.41) is 2.86. The number of carbonyl (C=O) groups excluding carboxylic acids is 3. The molecule has 1 aromatic rings. The van der Waals surface area contributed by atoms with Crippen molar-refractivity contribution < 1.29 is 23.9 Å². The van der Waals surface area contributed by atoms with Gasteiger partial charge in [0.05, 0.1) is 5.56 Å². The Kier molecular flexibility index (Phi) is 7.15. The van der Waals surface area contributed by atoms with Gasteiger partial charge in [-0.15, -0.1) is 0 Å². The molecule has 6 heteroatoms. The van der Waals surface area contributed by atoms with Gasteiger partial charge in [0.1, 0.15) is 5.75 Å². The van der Waals surface area contributed by atoms with Gasteiger partial charge in [0, 0.05) is 5.54 Å². The van der Waals surface area contributed by atoms with Crippen LogP contribution in [0.2, 0.25) is 0 Å². The second kappa shape index (κ2) is 8.65. The molecule has 0 aromatic heterocycles. The van der Waals surface area contributed by atoms with Gasteiger partial charge in [0.15, 0.2) is 19.5 Å². The molecule has 0 saturated carbocycles. The Balaban J connectivity index is 2.41. The second-order valence-corrected chi connectivity index (χ2v) is 7.77. The highest BCUT2D eigenvalue weighted by molar-refractivity contribution is 5.82. The zero-order valence-electron chi connectivity index (χ0n) is 15.5. The molecule has 0 aliphatic rings. The molecule has 0 aliphatic carbocycles. The molecule has 1 rings (SSSR count). The molecule has 0 radical (unpaired) electrons. The van der Waals surface area contributed by atoms with Crippen LogP contribution in [0.1, 0.15) is 51.4 Å². The smallest absolute Gasteiger partial charge is 0.344 e. The van der Waals surface area contributed by atoms with Crippen molar-refractivity contribution in [3.05, 3.63) is 29.8 Å². The predicted octanol–water partition coefficient (Wildman–Crippen LogP) is 2.75. The zero-order valence-corrected chi connectivity index (χ0v) is 15.5. The van der Waals surface area contributed by atoms with Crippen LogP contribution in [-0.2, 0) is 14.3 Å². The van der Waals surface area contributed by atoms with Crippen LogP contribution in [0, 0.1) is 5.41 Å². The molecular formula is C19H27NO5. The van der Waals surface area contributed by atoms with Crippen molar-refractivity contribution in [3.63, 3.8) is 0 Å². The Hall–Kier alpha value is -2.37. The maximum Gasteiger partial charge on any atom is 0.344 e. The maximum absolute atomic E-state index is 11.9. The fourth-order valence-corrected chi connectivity index (χ4v) is 2.82. The average molecular weight is 349 g/mol. The lowest BCUT2D eigenvalue weighted by Gasteiger charge is -2.33. The molecule has 0 saturated heterocycles. The first-order chi connectivity index (χ1) is 11.5. The number of hydrogen-bond donors (Lipinski definition) is 1. The molecule has 1 aromatic carbocycles. The van der Waals surface area contributed by atoms with Gasteiger partial charge in [-0.3, -0.25) is 9.59 Å². The molecule has 0 unspecified atom stereocenters. The summed E-state index contributed by atoms with van der Waals surface area (Å²) in [7, 11) is 0. The number of hydrogen-bond acceptors (Lipinski definition) is 5. The Labute approximate surface area is 148 Å². The largest absolute Gasteiger partial charge is 0.481 e. The molecule has 6 nitrogen and oxygen atoms in total. The van der Waals surface area contributed by atoms with Crippen molar-refractivity contribution >= 4 is 18.2 Å². The quantitative estimate of drug-likeness (QED) is 0.576. The normalized spacial score (nSPS) is 11.6.